The van der Waals surface area contributed by atoms with Gasteiger partial charge in [-0.15, -0.1) is 5.10 Å². The molecule has 1 saturated carbocycles. The highest BCUT2D eigenvalue weighted by molar-refractivity contribution is 6.30. The molecule has 1 aliphatic rings. The number of halogens is 1. The van der Waals surface area contributed by atoms with E-state index in [4.69, 9.17) is 11.6 Å². The van der Waals surface area contributed by atoms with Crippen LogP contribution in [0, 0.1) is 0 Å². The minimum atomic E-state index is -0.0682. The number of aromatic nitrogens is 4. The van der Waals surface area contributed by atoms with Gasteiger partial charge in [-0.25, -0.2) is 9.48 Å². The maximum absolute atomic E-state index is 12.7. The second-order valence-electron chi connectivity index (χ2n) is 5.73. The van der Waals surface area contributed by atoms with Crippen LogP contribution in [0.15, 0.2) is 53.6 Å². The second-order valence-corrected chi connectivity index (χ2v) is 6.17. The predicted octanol–water partition coefficient (Wildman–Crippen LogP) is 3.14. The Balaban J connectivity index is 1.76. The Kier molecular flexibility index (Phi) is 3.50. The smallest absolute Gasteiger partial charge is 0.272 e. The predicted molar refractivity (Wildman–Crippen MR) is 88.5 cm³/mol. The molecular formula is C17H15ClN4O. The molecule has 0 atom stereocenters. The van der Waals surface area contributed by atoms with E-state index in [1.165, 1.54) is 4.68 Å². The normalized spacial score (nSPS) is 14.1. The molecule has 0 unspecified atom stereocenters. The summed E-state index contributed by atoms with van der Waals surface area (Å²) in [6, 6.07) is 11.5. The molecule has 0 N–H and O–H groups in total. The molecule has 0 spiro atoms. The van der Waals surface area contributed by atoms with Gasteiger partial charge in [0.25, 0.3) is 0 Å². The van der Waals surface area contributed by atoms with Gasteiger partial charge >= 0.3 is 5.69 Å². The summed E-state index contributed by atoms with van der Waals surface area (Å²) in [4.78, 5) is 16.9. The van der Waals surface area contributed by atoms with Gasteiger partial charge in [-0.2, -0.15) is 0 Å². The van der Waals surface area contributed by atoms with E-state index in [1.54, 1.807) is 17.0 Å². The summed E-state index contributed by atoms with van der Waals surface area (Å²) >= 11 is 5.91. The molecule has 6 heteroatoms. The Hall–Kier alpha value is -2.40. The third kappa shape index (κ3) is 2.80. The highest BCUT2D eigenvalue weighted by atomic mass is 35.5. The van der Waals surface area contributed by atoms with Crippen LogP contribution >= 0.6 is 11.6 Å². The van der Waals surface area contributed by atoms with Crippen LogP contribution in [-0.4, -0.2) is 19.3 Å². The van der Waals surface area contributed by atoms with Gasteiger partial charge in [0.1, 0.15) is 0 Å². The van der Waals surface area contributed by atoms with Crippen molar-refractivity contribution in [1.82, 2.24) is 19.3 Å². The first-order valence-corrected chi connectivity index (χ1v) is 7.94. The van der Waals surface area contributed by atoms with Crippen LogP contribution in [0.25, 0.3) is 11.4 Å². The van der Waals surface area contributed by atoms with Gasteiger partial charge in [-0.1, -0.05) is 23.7 Å². The largest absolute Gasteiger partial charge is 0.346 e. The molecule has 3 aromatic rings. The van der Waals surface area contributed by atoms with Crippen molar-refractivity contribution in [3.63, 3.8) is 0 Å². The topological polar surface area (TPSA) is 52.7 Å². The Morgan fingerprint density at radius 3 is 2.61 bits per heavy atom. The van der Waals surface area contributed by atoms with E-state index in [0.717, 1.165) is 24.0 Å². The first kappa shape index (κ1) is 14.2. The standard InChI is InChI=1S/C17H15ClN4O/c18-14-5-3-12(4-6-14)11-21-17(23)22(15-7-8-15)16(20-21)13-2-1-9-19-10-13/h1-6,9-10,15H,7-8,11H2. The summed E-state index contributed by atoms with van der Waals surface area (Å²) in [5.41, 5.74) is 1.79. The third-order valence-electron chi connectivity index (χ3n) is 3.95. The molecule has 1 aromatic carbocycles. The molecule has 4 rings (SSSR count). The van der Waals surface area contributed by atoms with Crippen LogP contribution in [0.1, 0.15) is 24.4 Å². The van der Waals surface area contributed by atoms with Crippen molar-refractivity contribution in [2.75, 3.05) is 0 Å². The summed E-state index contributed by atoms with van der Waals surface area (Å²) in [6.07, 6.45) is 5.51. The molecule has 0 radical (unpaired) electrons. The quantitative estimate of drug-likeness (QED) is 0.740. The summed E-state index contributed by atoms with van der Waals surface area (Å²) < 4.78 is 3.32. The maximum Gasteiger partial charge on any atom is 0.346 e. The minimum Gasteiger partial charge on any atom is -0.272 e. The average Bonchev–Trinajstić information content (AvgIpc) is 3.36. The highest BCUT2D eigenvalue weighted by Gasteiger charge is 2.30. The first-order valence-electron chi connectivity index (χ1n) is 7.56. The lowest BCUT2D eigenvalue weighted by Gasteiger charge is -2.02. The molecule has 5 nitrogen and oxygen atoms in total. The summed E-state index contributed by atoms with van der Waals surface area (Å²) in [7, 11) is 0. The van der Waals surface area contributed by atoms with Crippen LogP contribution in [0.5, 0.6) is 0 Å². The number of benzene rings is 1. The van der Waals surface area contributed by atoms with E-state index < -0.39 is 0 Å². The van der Waals surface area contributed by atoms with Crippen molar-refractivity contribution in [3.8, 4) is 11.4 Å². The van der Waals surface area contributed by atoms with E-state index in [-0.39, 0.29) is 11.7 Å². The molecule has 23 heavy (non-hydrogen) atoms. The fourth-order valence-electron chi connectivity index (χ4n) is 2.64. The molecule has 116 valence electrons. The van der Waals surface area contributed by atoms with E-state index in [2.05, 4.69) is 10.1 Å². The van der Waals surface area contributed by atoms with Crippen molar-refractivity contribution in [3.05, 3.63) is 69.9 Å². The molecule has 0 amide bonds. The maximum atomic E-state index is 12.7. The van der Waals surface area contributed by atoms with Crippen molar-refractivity contribution >= 4 is 11.6 Å². The average molecular weight is 327 g/mol. The molecule has 0 saturated heterocycles. The first-order chi connectivity index (χ1) is 11.2. The van der Waals surface area contributed by atoms with E-state index >= 15 is 0 Å². The van der Waals surface area contributed by atoms with Gasteiger partial charge in [0.15, 0.2) is 5.82 Å². The fourth-order valence-corrected chi connectivity index (χ4v) is 2.77. The van der Waals surface area contributed by atoms with Crippen LogP contribution < -0.4 is 5.69 Å². The molecule has 1 aliphatic carbocycles. The minimum absolute atomic E-state index is 0.0682. The molecule has 2 heterocycles. The van der Waals surface area contributed by atoms with Crippen molar-refractivity contribution in [2.24, 2.45) is 0 Å². The van der Waals surface area contributed by atoms with Gasteiger partial charge < -0.3 is 0 Å². The zero-order valence-corrected chi connectivity index (χ0v) is 13.1. The van der Waals surface area contributed by atoms with Gasteiger partial charge in [0.05, 0.1) is 6.54 Å². The van der Waals surface area contributed by atoms with Crippen LogP contribution in [-0.2, 0) is 6.54 Å². The van der Waals surface area contributed by atoms with Gasteiger partial charge in [0, 0.05) is 29.0 Å². The molecular weight excluding hydrogens is 312 g/mol. The Morgan fingerprint density at radius 1 is 1.17 bits per heavy atom. The van der Waals surface area contributed by atoms with Crippen molar-refractivity contribution in [1.29, 1.82) is 0 Å². The Labute approximate surface area is 138 Å². The van der Waals surface area contributed by atoms with E-state index in [0.29, 0.717) is 17.4 Å². The molecule has 0 aliphatic heterocycles. The monoisotopic (exact) mass is 326 g/mol. The van der Waals surface area contributed by atoms with E-state index in [9.17, 15) is 4.79 Å². The highest BCUT2D eigenvalue weighted by Crippen LogP contribution is 2.36. The van der Waals surface area contributed by atoms with Gasteiger partial charge in [0.2, 0.25) is 0 Å². The summed E-state index contributed by atoms with van der Waals surface area (Å²) in [5, 5.41) is 5.23. The Bertz CT molecular complexity index is 879. The van der Waals surface area contributed by atoms with Crippen molar-refractivity contribution < 1.29 is 0 Å². The zero-order chi connectivity index (χ0) is 15.8. The second kappa shape index (κ2) is 5.66. The Morgan fingerprint density at radius 2 is 1.96 bits per heavy atom. The van der Waals surface area contributed by atoms with Gasteiger partial charge in [-0.3, -0.25) is 9.55 Å². The third-order valence-corrected chi connectivity index (χ3v) is 4.20. The molecule has 2 aromatic heterocycles. The van der Waals surface area contributed by atoms with Crippen LogP contribution in [0.3, 0.4) is 0 Å². The van der Waals surface area contributed by atoms with Crippen LogP contribution in [0.4, 0.5) is 0 Å². The zero-order valence-electron chi connectivity index (χ0n) is 12.4. The lowest BCUT2D eigenvalue weighted by atomic mass is 10.2. The lowest BCUT2D eigenvalue weighted by Crippen LogP contribution is -2.25. The number of hydrogen-bond acceptors (Lipinski definition) is 3. The summed E-state index contributed by atoms with van der Waals surface area (Å²) in [6.45, 7) is 0.434. The number of hydrogen-bond donors (Lipinski definition) is 0. The lowest BCUT2D eigenvalue weighted by molar-refractivity contribution is 0.626. The molecule has 1 fully saturated rings. The van der Waals surface area contributed by atoms with Crippen molar-refractivity contribution in [2.45, 2.75) is 25.4 Å². The number of nitrogens with zero attached hydrogens (tertiary/aromatic N) is 4. The van der Waals surface area contributed by atoms with Crippen LogP contribution in [0.2, 0.25) is 5.02 Å². The number of rotatable bonds is 4. The van der Waals surface area contributed by atoms with E-state index in [1.807, 2.05) is 36.4 Å². The SMILES string of the molecule is O=c1n(Cc2ccc(Cl)cc2)nc(-c2cccnc2)n1C1CC1. The van der Waals surface area contributed by atoms with Gasteiger partial charge in [-0.05, 0) is 42.7 Å². The number of pyridine rings is 1. The fraction of sp³-hybridized carbons (Fsp3) is 0.235. The molecule has 0 bridgehead atoms. The summed E-state index contributed by atoms with van der Waals surface area (Å²) in [5.74, 6) is 0.694.